The van der Waals surface area contributed by atoms with Crippen LogP contribution in [-0.2, 0) is 0 Å². The minimum absolute atomic E-state index is 0.0502. The molecule has 0 aliphatic heterocycles. The number of halogens is 16. The van der Waals surface area contributed by atoms with Gasteiger partial charge in [0.05, 0.1) is 0 Å². The molecule has 8 nitrogen and oxygen atoms in total. The maximum Gasteiger partial charge on any atom is 0.673 e. The van der Waals surface area contributed by atoms with Crippen LogP contribution in [0.1, 0.15) is 108 Å². The molecule has 0 unspecified atom stereocenters. The lowest BCUT2D eigenvalue weighted by Crippen LogP contribution is -2.32. The smallest absolute Gasteiger partial charge is 0.418 e. The molecular formula is C80H72B4F16N4O4. The molecule has 0 saturated heterocycles. The van der Waals surface area contributed by atoms with Gasteiger partial charge < -0.3 is 69.1 Å². The molecule has 12 rings (SSSR count). The second-order valence-electron chi connectivity index (χ2n) is 23.7. The van der Waals surface area contributed by atoms with Gasteiger partial charge in [-0.15, -0.1) is 0 Å². The molecule has 0 bridgehead atoms. The standard InChI is InChI=1S/4C20H18NO.4BF4/c4*1-15-7-6-8-16(2)19(15)21-13-11-18(12-14-21)20(22)17-9-4-3-5-10-17;4*2-1(3,4)5/h4*3-14H,1-2H3;;;;/q4*+1;4*-1. The Morgan fingerprint density at radius 2 is 0.296 bits per heavy atom. The summed E-state index contributed by atoms with van der Waals surface area (Å²) in [6, 6.07) is 77.5. The second-order valence-corrected chi connectivity index (χ2v) is 23.7. The van der Waals surface area contributed by atoms with E-state index >= 15 is 0 Å². The van der Waals surface area contributed by atoms with Crippen LogP contribution >= 0.6 is 0 Å². The van der Waals surface area contributed by atoms with Crippen molar-refractivity contribution in [3.8, 4) is 22.7 Å². The Balaban J connectivity index is 0.000000237. The van der Waals surface area contributed by atoms with Crippen LogP contribution in [0.15, 0.2) is 292 Å². The van der Waals surface area contributed by atoms with Crippen LogP contribution in [0.4, 0.5) is 69.1 Å². The third kappa shape index (κ3) is 30.3. The van der Waals surface area contributed by atoms with Crippen LogP contribution in [0.2, 0.25) is 0 Å². The van der Waals surface area contributed by atoms with E-state index in [4.69, 9.17) is 0 Å². The Hall–Kier alpha value is -11.8. The maximum atomic E-state index is 12.4. The fourth-order valence-electron chi connectivity index (χ4n) is 10.8. The highest BCUT2D eigenvalue weighted by Crippen LogP contribution is 2.20. The quantitative estimate of drug-likeness (QED) is 0.0528. The van der Waals surface area contributed by atoms with Crippen molar-refractivity contribution in [2.45, 2.75) is 55.4 Å². The third-order valence-electron chi connectivity index (χ3n) is 15.3. The van der Waals surface area contributed by atoms with E-state index in [2.05, 4.69) is 146 Å². The molecule has 0 N–H and O–H groups in total. The fourth-order valence-corrected chi connectivity index (χ4v) is 10.8. The van der Waals surface area contributed by atoms with E-state index in [9.17, 15) is 88.2 Å². The van der Waals surface area contributed by atoms with Crippen molar-refractivity contribution in [1.82, 2.24) is 0 Å². The number of ketones is 4. The molecule has 12 aromatic rings. The molecule has 28 heteroatoms. The minimum atomic E-state index is -6.00. The van der Waals surface area contributed by atoms with Crippen molar-refractivity contribution in [2.75, 3.05) is 0 Å². The summed E-state index contributed by atoms with van der Waals surface area (Å²) in [4.78, 5) is 49.7. The van der Waals surface area contributed by atoms with Crippen LogP contribution in [0.5, 0.6) is 0 Å². The first-order valence-corrected chi connectivity index (χ1v) is 32.9. The summed E-state index contributed by atoms with van der Waals surface area (Å²) in [6.45, 7) is 16.8. The molecule has 0 atom stereocenters. The summed E-state index contributed by atoms with van der Waals surface area (Å²) >= 11 is 0. The largest absolute Gasteiger partial charge is 0.673 e. The molecule has 0 spiro atoms. The molecule has 0 fully saturated rings. The van der Waals surface area contributed by atoms with E-state index in [0.717, 1.165) is 0 Å². The summed E-state index contributed by atoms with van der Waals surface area (Å²) in [6.07, 6.45) is 15.6. The predicted molar refractivity (Wildman–Crippen MR) is 390 cm³/mol. The van der Waals surface area contributed by atoms with Gasteiger partial charge in [-0.1, -0.05) is 194 Å². The van der Waals surface area contributed by atoms with Gasteiger partial charge in [-0.2, -0.15) is 18.3 Å². The van der Waals surface area contributed by atoms with Crippen LogP contribution in [0, 0.1) is 55.4 Å². The number of aromatic nitrogens is 4. The van der Waals surface area contributed by atoms with Crippen LogP contribution in [-0.4, -0.2) is 52.2 Å². The van der Waals surface area contributed by atoms with Crippen molar-refractivity contribution in [2.24, 2.45) is 0 Å². The molecule has 0 aliphatic carbocycles. The number of aryl methyl sites for hydroxylation is 8. The number of para-hydroxylation sites is 4. The predicted octanol–water partition coefficient (Wildman–Crippen LogP) is 20.4. The normalized spacial score (nSPS) is 10.7. The number of carbonyl (C=O) groups is 4. The molecule has 0 aliphatic rings. The molecule has 8 aromatic carbocycles. The Kier molecular flexibility index (Phi) is 32.6. The number of rotatable bonds is 12. The highest BCUT2D eigenvalue weighted by molar-refractivity contribution is 6.51. The molecular weight excluding hydrogens is 1430 g/mol. The lowest BCUT2D eigenvalue weighted by Gasteiger charge is -2.04. The monoisotopic (exact) mass is 1500 g/mol. The minimum Gasteiger partial charge on any atom is -0.418 e. The molecule has 4 heterocycles. The lowest BCUT2D eigenvalue weighted by molar-refractivity contribution is -0.596. The number of benzene rings is 8. The highest BCUT2D eigenvalue weighted by atomic mass is 19.5. The Morgan fingerprint density at radius 3 is 0.417 bits per heavy atom. The van der Waals surface area contributed by atoms with Crippen molar-refractivity contribution in [3.63, 3.8) is 0 Å². The van der Waals surface area contributed by atoms with E-state index in [-0.39, 0.29) is 23.1 Å². The third-order valence-corrected chi connectivity index (χ3v) is 15.3. The van der Waals surface area contributed by atoms with Gasteiger partial charge in [0.1, 0.15) is 0 Å². The van der Waals surface area contributed by atoms with Gasteiger partial charge in [0.2, 0.25) is 22.7 Å². The summed E-state index contributed by atoms with van der Waals surface area (Å²) in [5.41, 5.74) is 20.1. The van der Waals surface area contributed by atoms with E-state index in [1.54, 1.807) is 0 Å². The SMILES string of the molecule is Cc1cccc(C)c1-[n+]1ccc(C(=O)c2ccccc2)cc1.Cc1cccc(C)c1-[n+]1ccc(C(=O)c2ccccc2)cc1.Cc1cccc(C)c1-[n+]1ccc(C(=O)c2ccccc2)cc1.Cc1cccc(C)c1-[n+]1ccc(C(=O)c2ccccc2)cc1.F[B-](F)(F)F.F[B-](F)(F)F.F[B-](F)(F)F.F[B-](F)(F)F. The lowest BCUT2D eigenvalue weighted by atomic mass is 10.0. The number of pyridine rings is 4. The zero-order valence-electron chi connectivity index (χ0n) is 59.5. The van der Waals surface area contributed by atoms with Crippen molar-refractivity contribution in [3.05, 3.63) is 381 Å². The van der Waals surface area contributed by atoms with E-state index < -0.39 is 29.0 Å². The average Bonchev–Trinajstić information content (AvgIpc) is 0.829. The van der Waals surface area contributed by atoms with Crippen LogP contribution < -0.4 is 18.3 Å². The average molecular weight is 1500 g/mol. The van der Waals surface area contributed by atoms with Crippen molar-refractivity contribution in [1.29, 1.82) is 0 Å². The summed E-state index contributed by atoms with van der Waals surface area (Å²) in [5, 5.41) is 0. The number of hydrogen-bond donors (Lipinski definition) is 0. The first-order chi connectivity index (χ1) is 50.7. The van der Waals surface area contributed by atoms with Gasteiger partial charge in [0.15, 0.2) is 72.7 Å². The van der Waals surface area contributed by atoms with Gasteiger partial charge in [-0.25, -0.2) is 0 Å². The summed E-state index contributed by atoms with van der Waals surface area (Å²) in [5.74, 6) is 0.201. The summed E-state index contributed by atoms with van der Waals surface area (Å²) in [7, 11) is -24.0. The Bertz CT molecular complexity index is 4150. The Morgan fingerprint density at radius 1 is 0.185 bits per heavy atom. The fraction of sp³-hybridized carbons (Fsp3) is 0.100. The maximum absolute atomic E-state index is 12.4. The Labute approximate surface area is 615 Å². The topological polar surface area (TPSA) is 83.8 Å². The van der Waals surface area contributed by atoms with Crippen molar-refractivity contribution < 1.29 is 106 Å². The number of hydrogen-bond acceptors (Lipinski definition) is 4. The van der Waals surface area contributed by atoms with Gasteiger partial charge in [-0.3, -0.25) is 19.2 Å². The van der Waals surface area contributed by atoms with Gasteiger partial charge in [0.25, 0.3) is 0 Å². The number of carbonyl (C=O) groups excluding carboxylic acids is 4. The van der Waals surface area contributed by atoms with E-state index in [1.165, 1.54) is 67.3 Å². The van der Waals surface area contributed by atoms with E-state index in [0.29, 0.717) is 44.5 Å². The zero-order chi connectivity index (χ0) is 80.1. The van der Waals surface area contributed by atoms with Gasteiger partial charge in [-0.05, 0) is 55.4 Å². The van der Waals surface area contributed by atoms with Gasteiger partial charge >= 0.3 is 29.0 Å². The molecule has 0 amide bonds. The highest BCUT2D eigenvalue weighted by Gasteiger charge is 2.24. The molecule has 108 heavy (non-hydrogen) atoms. The van der Waals surface area contributed by atoms with Crippen LogP contribution in [0.3, 0.4) is 0 Å². The zero-order valence-corrected chi connectivity index (χ0v) is 59.5. The van der Waals surface area contributed by atoms with E-state index in [1.807, 2.05) is 219 Å². The molecule has 4 aromatic heterocycles. The summed E-state index contributed by atoms with van der Waals surface area (Å²) < 4.78 is 164. The molecule has 0 saturated carbocycles. The first kappa shape index (κ1) is 86.8. The molecule has 0 radical (unpaired) electrons. The van der Waals surface area contributed by atoms with Crippen LogP contribution in [0.25, 0.3) is 22.7 Å². The first-order valence-electron chi connectivity index (χ1n) is 32.9. The number of nitrogens with zero attached hydrogens (tertiary/aromatic N) is 4. The van der Waals surface area contributed by atoms with Gasteiger partial charge in [0, 0.05) is 138 Å². The molecule has 560 valence electrons. The van der Waals surface area contributed by atoms with Crippen molar-refractivity contribution >= 4 is 52.2 Å². The second kappa shape index (κ2) is 40.6.